The van der Waals surface area contributed by atoms with Crippen molar-refractivity contribution in [1.82, 2.24) is 10.2 Å². The number of nitrogens with two attached hydrogens (primary N) is 3. The maximum absolute atomic E-state index is 12.4. The van der Waals surface area contributed by atoms with Gasteiger partial charge in [0.05, 0.1) is 45.1 Å². The number of carbonyl (C=O) groups is 4. The molecule has 14 nitrogen and oxygen atoms in total. The van der Waals surface area contributed by atoms with Crippen LogP contribution in [-0.4, -0.2) is 63.0 Å². The summed E-state index contributed by atoms with van der Waals surface area (Å²) in [5.41, 5.74) is 18.6. The number of carbonyl (C=O) groups excluding carboxylic acids is 3. The fraction of sp³-hybridized carbons (Fsp3) is 0.486. The molecule has 0 atom stereocenters. The summed E-state index contributed by atoms with van der Waals surface area (Å²) in [6, 6.07) is 1.39. The summed E-state index contributed by atoms with van der Waals surface area (Å²) in [7, 11) is 0. The van der Waals surface area contributed by atoms with E-state index >= 15 is 0 Å². The van der Waals surface area contributed by atoms with Crippen LogP contribution in [0.2, 0.25) is 0 Å². The molecule has 0 unspecified atom stereocenters. The number of thiophene rings is 2. The predicted octanol–water partition coefficient (Wildman–Crippen LogP) is 5.78. The molecule has 0 spiro atoms. The van der Waals surface area contributed by atoms with Crippen LogP contribution in [0.3, 0.4) is 0 Å². The summed E-state index contributed by atoms with van der Waals surface area (Å²) in [6.07, 6.45) is 5.90. The Morgan fingerprint density at radius 1 is 0.863 bits per heavy atom. The summed E-state index contributed by atoms with van der Waals surface area (Å²) in [5.74, 6) is -2.23. The number of hydrogen-bond donors (Lipinski definition) is 6. The van der Waals surface area contributed by atoms with Crippen molar-refractivity contribution in [2.75, 3.05) is 17.6 Å². The lowest BCUT2D eigenvalue weighted by Gasteiger charge is -2.41. The Morgan fingerprint density at radius 3 is 1.78 bits per heavy atom. The Balaban J connectivity index is 0.000000291. The van der Waals surface area contributed by atoms with Crippen LogP contribution in [0.4, 0.5) is 10.0 Å². The molecule has 0 fully saturated rings. The number of carboxylic acid groups (broad SMARTS) is 1. The number of rotatable bonds is 5. The summed E-state index contributed by atoms with van der Waals surface area (Å²) in [6.45, 7) is 16.3. The van der Waals surface area contributed by atoms with Crippen LogP contribution >= 0.6 is 22.7 Å². The third-order valence-corrected chi connectivity index (χ3v) is 10.6. The Morgan fingerprint density at radius 2 is 1.37 bits per heavy atom. The van der Waals surface area contributed by atoms with Gasteiger partial charge in [-0.15, -0.1) is 22.7 Å². The van der Waals surface area contributed by atoms with Gasteiger partial charge in [-0.1, -0.05) is 14.9 Å². The van der Waals surface area contributed by atoms with E-state index in [1.165, 1.54) is 34.9 Å². The van der Waals surface area contributed by atoms with Crippen molar-refractivity contribution < 1.29 is 33.8 Å². The molecule has 0 bridgehead atoms. The van der Waals surface area contributed by atoms with Gasteiger partial charge in [0, 0.05) is 40.6 Å². The van der Waals surface area contributed by atoms with Crippen molar-refractivity contribution in [2.45, 2.75) is 105 Å². The zero-order valence-electron chi connectivity index (χ0n) is 28.8. The third kappa shape index (κ3) is 9.49. The van der Waals surface area contributed by atoms with Gasteiger partial charge in [-0.05, 0) is 78.7 Å². The molecule has 3 aliphatic rings. The number of aromatic nitrogens is 2. The average molecular weight is 746 g/mol. The second kappa shape index (κ2) is 15.5. The first-order chi connectivity index (χ1) is 22.5. The molecule has 3 aliphatic heterocycles. The van der Waals surface area contributed by atoms with Gasteiger partial charge in [-0.25, -0.2) is 4.79 Å². The van der Waals surface area contributed by atoms with Gasteiger partial charge >= 0.3 is 5.97 Å². The number of nitrogens with zero attached hydrogens (tertiary/aromatic N) is 2. The number of anilines is 2. The van der Waals surface area contributed by atoms with E-state index in [0.29, 0.717) is 46.1 Å². The van der Waals surface area contributed by atoms with Crippen LogP contribution in [0, 0.1) is 0 Å². The second-order valence-electron chi connectivity index (χ2n) is 14.0. The van der Waals surface area contributed by atoms with E-state index in [-0.39, 0.29) is 32.1 Å². The number of aliphatic imine (C=N–C) groups is 1. The molecule has 3 aromatic rings. The molecule has 0 saturated carbocycles. The molecular formula is C35H51N7O7S2. The molecule has 0 aliphatic carbocycles. The van der Waals surface area contributed by atoms with Gasteiger partial charge in [-0.2, -0.15) is 5.10 Å². The Bertz CT molecular complexity index is 1850. The highest BCUT2D eigenvalue weighted by atomic mass is 32.1. The highest BCUT2D eigenvalue weighted by Crippen LogP contribution is 2.49. The Hall–Kier alpha value is -4.38. The van der Waals surface area contributed by atoms with E-state index in [1.807, 2.05) is 55.4 Å². The number of nitrogen functional groups attached to an aromatic ring is 1. The van der Waals surface area contributed by atoms with E-state index < -0.39 is 34.6 Å². The van der Waals surface area contributed by atoms with Crippen LogP contribution in [0.1, 0.15) is 122 Å². The standard InChI is InChI=1S/C17H21N3O3S.C12H18N2O2S.C4H4N2O2.2CH4/c1-16(2)7-10-11(13(18)21)15(24-12(10)17(3,4)23-16)20-14(22)9-5-6-19-8-9;1-11(2)5-6-7(9(13)15)10(14)17-8(6)12(3,4)16-11;7-4(8)3-1-2-5-6-3;;/h5-6H,7-8H2,1-4H3,(H2,18,21)(H,20,22);5,14H2,1-4H3,(H2,13,15);1-2H,(H,5,6)(H,7,8);2*1H4. The number of ether oxygens (including phenoxy) is 2. The van der Waals surface area contributed by atoms with Gasteiger partial charge in [-0.3, -0.25) is 24.5 Å². The fourth-order valence-corrected chi connectivity index (χ4v) is 8.72. The van der Waals surface area contributed by atoms with Crippen LogP contribution < -0.4 is 22.5 Å². The number of aromatic amines is 1. The molecule has 0 aromatic carbocycles. The number of amides is 3. The zero-order chi connectivity index (χ0) is 36.7. The Kier molecular flexibility index (Phi) is 13.0. The molecule has 9 N–H and O–H groups in total. The zero-order valence-corrected chi connectivity index (χ0v) is 30.4. The number of aromatic carboxylic acids is 1. The highest BCUT2D eigenvalue weighted by Gasteiger charge is 2.44. The maximum atomic E-state index is 12.4. The number of hydrogen-bond acceptors (Lipinski definition) is 11. The van der Waals surface area contributed by atoms with E-state index in [0.717, 1.165) is 20.9 Å². The number of allylic oxidation sites excluding steroid dienone is 1. The number of primary amides is 2. The van der Waals surface area contributed by atoms with Crippen LogP contribution in [-0.2, 0) is 38.3 Å². The lowest BCUT2D eigenvalue weighted by Crippen LogP contribution is -2.42. The van der Waals surface area contributed by atoms with Crippen molar-refractivity contribution in [1.29, 1.82) is 0 Å². The minimum atomic E-state index is -0.984. The summed E-state index contributed by atoms with van der Waals surface area (Å²) >= 11 is 2.76. The summed E-state index contributed by atoms with van der Waals surface area (Å²) in [5, 5.41) is 17.7. The van der Waals surface area contributed by atoms with Crippen molar-refractivity contribution in [3.8, 4) is 0 Å². The monoisotopic (exact) mass is 745 g/mol. The smallest absolute Gasteiger partial charge is 0.353 e. The number of fused-ring (bicyclic) bond motifs is 2. The van der Waals surface area contributed by atoms with Gasteiger partial charge in [0.1, 0.15) is 10.7 Å². The molecule has 6 heterocycles. The second-order valence-corrected chi connectivity index (χ2v) is 16.1. The summed E-state index contributed by atoms with van der Waals surface area (Å²) < 4.78 is 12.2. The molecule has 0 radical (unpaired) electrons. The maximum Gasteiger partial charge on any atom is 0.353 e. The van der Waals surface area contributed by atoms with Gasteiger partial charge < -0.3 is 37.1 Å². The molecule has 51 heavy (non-hydrogen) atoms. The average Bonchev–Trinajstić information content (AvgIpc) is 3.74. The van der Waals surface area contributed by atoms with Gasteiger partial charge in [0.25, 0.3) is 17.7 Å². The van der Waals surface area contributed by atoms with Gasteiger partial charge in [0.15, 0.2) is 0 Å². The fourth-order valence-electron chi connectivity index (χ4n) is 6.33. The first-order valence-electron chi connectivity index (χ1n) is 15.4. The van der Waals surface area contributed by atoms with Crippen LogP contribution in [0.25, 0.3) is 0 Å². The van der Waals surface area contributed by atoms with Crippen LogP contribution in [0.15, 0.2) is 28.9 Å². The van der Waals surface area contributed by atoms with Crippen molar-refractivity contribution in [2.24, 2.45) is 16.5 Å². The molecule has 3 aromatic heterocycles. The summed E-state index contributed by atoms with van der Waals surface area (Å²) in [4.78, 5) is 51.9. The quantitative estimate of drug-likeness (QED) is 0.185. The lowest BCUT2D eigenvalue weighted by atomic mass is 9.86. The number of carboxylic acids is 1. The first kappa shape index (κ1) is 42.8. The van der Waals surface area contributed by atoms with Gasteiger partial charge in [0.2, 0.25) is 0 Å². The van der Waals surface area contributed by atoms with Crippen LogP contribution in [0.5, 0.6) is 0 Å². The lowest BCUT2D eigenvalue weighted by molar-refractivity contribution is -0.136. The Labute approximate surface area is 306 Å². The molecular weight excluding hydrogens is 695 g/mol. The molecule has 280 valence electrons. The predicted molar refractivity (Wildman–Crippen MR) is 203 cm³/mol. The highest BCUT2D eigenvalue weighted by molar-refractivity contribution is 7.17. The third-order valence-electron chi connectivity index (χ3n) is 7.79. The topological polar surface area (TPSA) is 238 Å². The number of nitrogens with one attached hydrogen (secondary N) is 2. The largest absolute Gasteiger partial charge is 0.477 e. The molecule has 0 saturated heterocycles. The first-order valence-corrected chi connectivity index (χ1v) is 17.0. The van der Waals surface area contributed by atoms with Crippen molar-refractivity contribution in [3.63, 3.8) is 0 Å². The minimum Gasteiger partial charge on any atom is -0.477 e. The SMILES string of the molecule is C.C.CC1(C)Cc2c(sc(N)c2C(N)=O)C(C)(C)O1.CC1(C)Cc2c(sc(NC(=O)C3=CC=NC3)c2C(N)=O)C(C)(C)O1.O=C(O)c1ccn[nH]1. The number of H-pyrrole nitrogens is 1. The van der Waals surface area contributed by atoms with Crippen molar-refractivity contribution in [3.05, 3.63) is 61.6 Å². The van der Waals surface area contributed by atoms with E-state index in [2.05, 4.69) is 20.5 Å². The molecule has 3 amide bonds. The van der Waals surface area contributed by atoms with Crippen molar-refractivity contribution >= 4 is 62.6 Å². The molecule has 16 heteroatoms. The van der Waals surface area contributed by atoms with E-state index in [4.69, 9.17) is 31.8 Å². The normalized spacial score (nSPS) is 18.0. The van der Waals surface area contributed by atoms with E-state index in [1.54, 1.807) is 12.3 Å². The molecule has 6 rings (SSSR count). The van der Waals surface area contributed by atoms with E-state index in [9.17, 15) is 19.2 Å². The minimum absolute atomic E-state index is 0.